The van der Waals surface area contributed by atoms with Crippen LogP contribution in [0.2, 0.25) is 0 Å². The summed E-state index contributed by atoms with van der Waals surface area (Å²) in [6.45, 7) is 1.51. The van der Waals surface area contributed by atoms with Crippen LogP contribution in [0.3, 0.4) is 0 Å². The van der Waals surface area contributed by atoms with Crippen LogP contribution in [0.4, 0.5) is 0 Å². The van der Waals surface area contributed by atoms with Gasteiger partial charge < -0.3 is 14.9 Å². The molecule has 2 N–H and O–H groups in total. The van der Waals surface area contributed by atoms with Crippen molar-refractivity contribution in [3.63, 3.8) is 0 Å². The molecule has 82 valence electrons. The molecular formula is C11H14O4. The summed E-state index contributed by atoms with van der Waals surface area (Å²) in [7, 11) is 1.43. The van der Waals surface area contributed by atoms with Gasteiger partial charge in [0.05, 0.1) is 13.7 Å². The maximum absolute atomic E-state index is 11.5. The maximum atomic E-state index is 11.5. The predicted octanol–water partition coefficient (Wildman–Crippen LogP) is 1.27. The number of ketones is 1. The molecule has 0 fully saturated rings. The smallest absolute Gasteiger partial charge is 0.165 e. The maximum Gasteiger partial charge on any atom is 0.165 e. The molecule has 0 heterocycles. The highest BCUT2D eigenvalue weighted by molar-refractivity contribution is 5.97. The van der Waals surface area contributed by atoms with E-state index in [0.717, 1.165) is 0 Å². The second-order valence-corrected chi connectivity index (χ2v) is 3.24. The molecule has 15 heavy (non-hydrogen) atoms. The number of methoxy groups -OCH3 is 1. The van der Waals surface area contributed by atoms with Crippen molar-refractivity contribution in [2.45, 2.75) is 13.3 Å². The Kier molecular flexibility index (Phi) is 3.68. The molecule has 0 saturated heterocycles. The van der Waals surface area contributed by atoms with E-state index < -0.39 is 0 Å². The molecule has 0 unspecified atom stereocenters. The first kappa shape index (κ1) is 11.5. The highest BCUT2D eigenvalue weighted by atomic mass is 16.5. The molecule has 4 heteroatoms. The van der Waals surface area contributed by atoms with Crippen molar-refractivity contribution in [2.75, 3.05) is 13.7 Å². The standard InChI is InChI=1S/C11H14O4/c1-7-5-8(9(13)3-4-12)6-10(15-2)11(7)14/h5-6,12,14H,3-4H2,1-2H3. The summed E-state index contributed by atoms with van der Waals surface area (Å²) in [5.41, 5.74) is 1.02. The molecule has 0 aliphatic carbocycles. The third-order valence-corrected chi connectivity index (χ3v) is 2.15. The number of carbonyl (C=O) groups is 1. The molecule has 0 spiro atoms. The van der Waals surface area contributed by atoms with Crippen LogP contribution in [0, 0.1) is 6.92 Å². The Morgan fingerprint density at radius 2 is 2.13 bits per heavy atom. The fourth-order valence-corrected chi connectivity index (χ4v) is 1.31. The highest BCUT2D eigenvalue weighted by Gasteiger charge is 2.12. The number of phenols is 1. The molecule has 0 aliphatic rings. The highest BCUT2D eigenvalue weighted by Crippen LogP contribution is 2.31. The van der Waals surface area contributed by atoms with Crippen molar-refractivity contribution in [1.29, 1.82) is 0 Å². The lowest BCUT2D eigenvalue weighted by Crippen LogP contribution is -2.02. The minimum absolute atomic E-state index is 0.0399. The lowest BCUT2D eigenvalue weighted by atomic mass is 10.0. The fraction of sp³-hybridized carbons (Fsp3) is 0.364. The van der Waals surface area contributed by atoms with Crippen molar-refractivity contribution >= 4 is 5.78 Å². The van der Waals surface area contributed by atoms with Gasteiger partial charge in [0.25, 0.3) is 0 Å². The third kappa shape index (κ3) is 2.47. The van der Waals surface area contributed by atoms with Crippen LogP contribution >= 0.6 is 0 Å². The van der Waals surface area contributed by atoms with E-state index in [0.29, 0.717) is 11.1 Å². The summed E-state index contributed by atoms with van der Waals surface area (Å²) in [6.07, 6.45) is 0.0768. The lowest BCUT2D eigenvalue weighted by molar-refractivity contribution is 0.0956. The van der Waals surface area contributed by atoms with E-state index in [9.17, 15) is 9.90 Å². The van der Waals surface area contributed by atoms with Crippen LogP contribution in [0.5, 0.6) is 11.5 Å². The van der Waals surface area contributed by atoms with Gasteiger partial charge in [-0.1, -0.05) is 0 Å². The van der Waals surface area contributed by atoms with Gasteiger partial charge >= 0.3 is 0 Å². The van der Waals surface area contributed by atoms with Gasteiger partial charge in [-0.15, -0.1) is 0 Å². The second-order valence-electron chi connectivity index (χ2n) is 3.24. The van der Waals surface area contributed by atoms with E-state index in [4.69, 9.17) is 9.84 Å². The Bertz CT molecular complexity index is 371. The largest absolute Gasteiger partial charge is 0.504 e. The first-order chi connectivity index (χ1) is 7.10. The number of aryl methyl sites for hydroxylation is 1. The number of hydrogen-bond acceptors (Lipinski definition) is 4. The molecule has 0 atom stereocenters. The van der Waals surface area contributed by atoms with Crippen LogP contribution < -0.4 is 4.74 Å². The Balaban J connectivity index is 3.10. The van der Waals surface area contributed by atoms with E-state index in [1.54, 1.807) is 13.0 Å². The van der Waals surface area contributed by atoms with Crippen molar-refractivity contribution in [2.24, 2.45) is 0 Å². The van der Waals surface area contributed by atoms with Crippen LogP contribution in [-0.2, 0) is 0 Å². The number of phenolic OH excluding ortho intramolecular Hbond substituents is 1. The van der Waals surface area contributed by atoms with Gasteiger partial charge in [0.2, 0.25) is 0 Å². The first-order valence-electron chi connectivity index (χ1n) is 4.61. The number of carbonyl (C=O) groups excluding carboxylic acids is 1. The van der Waals surface area contributed by atoms with E-state index in [1.165, 1.54) is 13.2 Å². The molecule has 0 radical (unpaired) electrons. The number of aliphatic hydroxyl groups is 1. The number of Topliss-reactive ketones (excluding diaryl/α,β-unsaturated/α-hetero) is 1. The van der Waals surface area contributed by atoms with Gasteiger partial charge in [-0.3, -0.25) is 4.79 Å². The number of hydrogen-bond donors (Lipinski definition) is 2. The van der Waals surface area contributed by atoms with Gasteiger partial charge in [-0.2, -0.15) is 0 Å². The van der Waals surface area contributed by atoms with Crippen molar-refractivity contribution < 1.29 is 19.7 Å². The average Bonchev–Trinajstić information content (AvgIpc) is 2.22. The Hall–Kier alpha value is -1.55. The summed E-state index contributed by atoms with van der Waals surface area (Å²) >= 11 is 0. The predicted molar refractivity (Wildman–Crippen MR) is 55.4 cm³/mol. The topological polar surface area (TPSA) is 66.8 Å². The monoisotopic (exact) mass is 210 g/mol. The summed E-state index contributed by atoms with van der Waals surface area (Å²) in [5.74, 6) is 0.147. The minimum Gasteiger partial charge on any atom is -0.504 e. The van der Waals surface area contributed by atoms with E-state index in [-0.39, 0.29) is 30.3 Å². The molecule has 0 bridgehead atoms. The van der Waals surface area contributed by atoms with Crippen molar-refractivity contribution in [3.8, 4) is 11.5 Å². The number of aliphatic hydroxyl groups excluding tert-OH is 1. The summed E-state index contributed by atoms with van der Waals surface area (Å²) < 4.78 is 4.93. The lowest BCUT2D eigenvalue weighted by Gasteiger charge is -2.08. The molecule has 1 rings (SSSR count). The van der Waals surface area contributed by atoms with E-state index in [1.807, 2.05) is 0 Å². The quantitative estimate of drug-likeness (QED) is 0.734. The molecular weight excluding hydrogens is 196 g/mol. The number of aromatic hydroxyl groups is 1. The molecule has 0 aliphatic heterocycles. The summed E-state index contributed by atoms with van der Waals surface area (Å²) in [5, 5.41) is 18.2. The number of ether oxygens (including phenoxy) is 1. The van der Waals surface area contributed by atoms with Crippen molar-refractivity contribution in [1.82, 2.24) is 0 Å². The van der Waals surface area contributed by atoms with Crippen LogP contribution in [0.25, 0.3) is 0 Å². The normalized spacial score (nSPS) is 10.1. The van der Waals surface area contributed by atoms with Gasteiger partial charge in [0.1, 0.15) is 0 Å². The number of rotatable bonds is 4. The van der Waals surface area contributed by atoms with Gasteiger partial charge in [0.15, 0.2) is 17.3 Å². The minimum atomic E-state index is -0.179. The molecule has 1 aromatic carbocycles. The zero-order chi connectivity index (χ0) is 11.4. The van der Waals surface area contributed by atoms with Gasteiger partial charge in [-0.25, -0.2) is 0 Å². The Labute approximate surface area is 88.1 Å². The molecule has 0 saturated carbocycles. The fourth-order valence-electron chi connectivity index (χ4n) is 1.31. The average molecular weight is 210 g/mol. The van der Waals surface area contributed by atoms with E-state index >= 15 is 0 Å². The molecule has 4 nitrogen and oxygen atoms in total. The zero-order valence-electron chi connectivity index (χ0n) is 8.78. The zero-order valence-corrected chi connectivity index (χ0v) is 8.78. The van der Waals surface area contributed by atoms with E-state index in [2.05, 4.69) is 0 Å². The Morgan fingerprint density at radius 1 is 1.47 bits per heavy atom. The van der Waals surface area contributed by atoms with Gasteiger partial charge in [-0.05, 0) is 24.6 Å². The van der Waals surface area contributed by atoms with Crippen LogP contribution in [-0.4, -0.2) is 29.7 Å². The third-order valence-electron chi connectivity index (χ3n) is 2.15. The SMILES string of the molecule is COc1cc(C(=O)CCO)cc(C)c1O. The molecule has 0 amide bonds. The second kappa shape index (κ2) is 4.79. The summed E-state index contributed by atoms with van der Waals surface area (Å²) in [4.78, 5) is 11.5. The van der Waals surface area contributed by atoms with Gasteiger partial charge in [0, 0.05) is 12.0 Å². The van der Waals surface area contributed by atoms with Crippen LogP contribution in [0.1, 0.15) is 22.3 Å². The number of benzene rings is 1. The first-order valence-corrected chi connectivity index (χ1v) is 4.61. The summed E-state index contributed by atoms with van der Waals surface area (Å²) in [6, 6.07) is 3.05. The van der Waals surface area contributed by atoms with Crippen LogP contribution in [0.15, 0.2) is 12.1 Å². The Morgan fingerprint density at radius 3 is 2.67 bits per heavy atom. The molecule has 0 aromatic heterocycles. The van der Waals surface area contributed by atoms with Crippen molar-refractivity contribution in [3.05, 3.63) is 23.3 Å². The molecule has 1 aromatic rings.